The summed E-state index contributed by atoms with van der Waals surface area (Å²) in [6.45, 7) is 7.13. The molecule has 4 saturated carbocycles. The number of hydrogen-bond donors (Lipinski definition) is 1. The molecule has 148 valence electrons. The predicted octanol–water partition coefficient (Wildman–Crippen LogP) is 4.82. The smallest absolute Gasteiger partial charge is 0.308 e. The summed E-state index contributed by atoms with van der Waals surface area (Å²) in [7, 11) is 1.53. The molecule has 0 saturated heterocycles. The Morgan fingerprint density at radius 2 is 1.69 bits per heavy atom. The summed E-state index contributed by atoms with van der Waals surface area (Å²) in [5.41, 5.74) is 0.752. The summed E-state index contributed by atoms with van der Waals surface area (Å²) < 4.78 is 5.09. The maximum absolute atomic E-state index is 12.2. The van der Waals surface area contributed by atoms with Crippen molar-refractivity contribution in [3.05, 3.63) is 0 Å². The van der Waals surface area contributed by atoms with E-state index < -0.39 is 0 Å². The second-order valence-corrected chi connectivity index (χ2v) is 10.6. The van der Waals surface area contributed by atoms with Crippen LogP contribution in [-0.2, 0) is 9.53 Å². The molecular formula is C23H38O3. The lowest BCUT2D eigenvalue weighted by molar-refractivity contribution is -0.153. The second-order valence-electron chi connectivity index (χ2n) is 10.6. The average Bonchev–Trinajstić information content (AvgIpc) is 2.98. The number of rotatable bonds is 2. The molecule has 0 heterocycles. The van der Waals surface area contributed by atoms with Crippen molar-refractivity contribution in [3.63, 3.8) is 0 Å². The molecule has 3 nitrogen and oxygen atoms in total. The van der Waals surface area contributed by atoms with E-state index in [0.29, 0.717) is 16.7 Å². The zero-order valence-corrected chi connectivity index (χ0v) is 17.2. The zero-order chi connectivity index (χ0) is 18.7. The van der Waals surface area contributed by atoms with Crippen molar-refractivity contribution in [2.75, 3.05) is 7.11 Å². The van der Waals surface area contributed by atoms with E-state index in [4.69, 9.17) is 4.74 Å². The number of esters is 1. The lowest BCUT2D eigenvalue weighted by Crippen LogP contribution is -2.54. The Kier molecular flexibility index (Phi) is 4.69. The summed E-state index contributed by atoms with van der Waals surface area (Å²) in [5.74, 6) is 3.67. The Hall–Kier alpha value is -0.570. The van der Waals surface area contributed by atoms with E-state index in [-0.39, 0.29) is 18.0 Å². The summed E-state index contributed by atoms with van der Waals surface area (Å²) in [6, 6.07) is 0. The van der Waals surface area contributed by atoms with Gasteiger partial charge in [0.05, 0.1) is 19.1 Å². The minimum atomic E-state index is -0.0600. The summed E-state index contributed by atoms with van der Waals surface area (Å²) in [4.78, 5) is 12.2. The summed E-state index contributed by atoms with van der Waals surface area (Å²) in [6.07, 6.45) is 10.9. The van der Waals surface area contributed by atoms with Gasteiger partial charge in [0.2, 0.25) is 0 Å². The van der Waals surface area contributed by atoms with Crippen LogP contribution in [0.25, 0.3) is 0 Å². The molecule has 9 atom stereocenters. The Morgan fingerprint density at radius 1 is 1.00 bits per heavy atom. The van der Waals surface area contributed by atoms with Crippen LogP contribution in [0.1, 0.15) is 78.6 Å². The van der Waals surface area contributed by atoms with Gasteiger partial charge in [0.25, 0.3) is 0 Å². The molecule has 0 amide bonds. The average molecular weight is 363 g/mol. The molecule has 0 aromatic heterocycles. The maximum Gasteiger partial charge on any atom is 0.308 e. The molecular weight excluding hydrogens is 324 g/mol. The van der Waals surface area contributed by atoms with Crippen LogP contribution >= 0.6 is 0 Å². The van der Waals surface area contributed by atoms with Gasteiger partial charge in [-0.2, -0.15) is 0 Å². The van der Waals surface area contributed by atoms with Gasteiger partial charge in [-0.05, 0) is 98.2 Å². The monoisotopic (exact) mass is 362 g/mol. The van der Waals surface area contributed by atoms with Gasteiger partial charge in [-0.15, -0.1) is 0 Å². The Labute approximate surface area is 159 Å². The zero-order valence-electron chi connectivity index (χ0n) is 17.2. The standard InChI is InChI=1S/C23H38O3/c1-14(21(25)26-4)18-7-8-19-17-6-5-15-13-16(24)9-11-22(15,2)20(17)10-12-23(18,19)3/h14-20,24H,5-13H2,1-4H3/t14-,15+,16+,17-,18+,19-,20-,22+,23-/m1/s1. The van der Waals surface area contributed by atoms with Crippen molar-refractivity contribution >= 4 is 5.97 Å². The van der Waals surface area contributed by atoms with E-state index in [9.17, 15) is 9.90 Å². The van der Waals surface area contributed by atoms with Crippen molar-refractivity contribution in [1.29, 1.82) is 0 Å². The van der Waals surface area contributed by atoms with Crippen LogP contribution in [0.2, 0.25) is 0 Å². The molecule has 0 aromatic rings. The van der Waals surface area contributed by atoms with Gasteiger partial charge in [-0.25, -0.2) is 0 Å². The van der Waals surface area contributed by atoms with Crippen molar-refractivity contribution in [2.24, 2.45) is 46.3 Å². The number of aliphatic hydroxyl groups excluding tert-OH is 1. The fraction of sp³-hybridized carbons (Fsp3) is 0.957. The van der Waals surface area contributed by atoms with Crippen LogP contribution in [-0.4, -0.2) is 24.3 Å². The van der Waals surface area contributed by atoms with Crippen molar-refractivity contribution in [2.45, 2.75) is 84.7 Å². The van der Waals surface area contributed by atoms with Crippen LogP contribution < -0.4 is 0 Å². The first-order valence-electron chi connectivity index (χ1n) is 11.1. The van der Waals surface area contributed by atoms with Gasteiger partial charge in [-0.1, -0.05) is 20.8 Å². The molecule has 3 heteroatoms. The molecule has 0 aromatic carbocycles. The topological polar surface area (TPSA) is 46.5 Å². The van der Waals surface area contributed by atoms with Crippen LogP contribution in [0.5, 0.6) is 0 Å². The lowest BCUT2D eigenvalue weighted by atomic mass is 9.44. The third-order valence-electron chi connectivity index (χ3n) is 9.89. The van der Waals surface area contributed by atoms with Crippen molar-refractivity contribution in [3.8, 4) is 0 Å². The lowest BCUT2D eigenvalue weighted by Gasteiger charge is -2.61. The quantitative estimate of drug-likeness (QED) is 0.717. The number of fused-ring (bicyclic) bond motifs is 5. The van der Waals surface area contributed by atoms with Crippen LogP contribution in [0.3, 0.4) is 0 Å². The molecule has 4 rings (SSSR count). The van der Waals surface area contributed by atoms with E-state index in [2.05, 4.69) is 20.8 Å². The largest absolute Gasteiger partial charge is 0.469 e. The fourth-order valence-corrected chi connectivity index (χ4v) is 8.45. The first kappa shape index (κ1) is 18.8. The third-order valence-corrected chi connectivity index (χ3v) is 9.89. The highest BCUT2D eigenvalue weighted by molar-refractivity contribution is 5.72. The molecule has 26 heavy (non-hydrogen) atoms. The highest BCUT2D eigenvalue weighted by atomic mass is 16.5. The number of aliphatic hydroxyl groups is 1. The van der Waals surface area contributed by atoms with Crippen LogP contribution in [0, 0.1) is 46.3 Å². The minimum absolute atomic E-state index is 0.0177. The second kappa shape index (κ2) is 6.50. The summed E-state index contributed by atoms with van der Waals surface area (Å²) >= 11 is 0. The summed E-state index contributed by atoms with van der Waals surface area (Å²) in [5, 5.41) is 10.2. The van der Waals surface area contributed by atoms with E-state index in [1.807, 2.05) is 0 Å². The Morgan fingerprint density at radius 3 is 2.42 bits per heavy atom. The predicted molar refractivity (Wildman–Crippen MR) is 102 cm³/mol. The van der Waals surface area contributed by atoms with E-state index in [1.165, 1.54) is 52.1 Å². The highest BCUT2D eigenvalue weighted by Crippen LogP contribution is 2.68. The molecule has 4 fully saturated rings. The minimum Gasteiger partial charge on any atom is -0.469 e. The SMILES string of the molecule is COC(=O)[C@H](C)[C@@H]1CC[C@@H]2[C@H]3CC[C@H]4C[C@@H](O)CC[C@]4(C)[C@@H]3CC[C@@]21C. The Balaban J connectivity index is 1.57. The number of carbonyl (C=O) groups is 1. The van der Waals surface area contributed by atoms with Gasteiger partial charge < -0.3 is 9.84 Å². The number of hydrogen-bond acceptors (Lipinski definition) is 3. The molecule has 4 aliphatic rings. The number of carbonyl (C=O) groups excluding carboxylic acids is 1. The van der Waals surface area contributed by atoms with E-state index in [0.717, 1.165) is 36.5 Å². The number of methoxy groups -OCH3 is 1. The van der Waals surface area contributed by atoms with Crippen molar-refractivity contribution in [1.82, 2.24) is 0 Å². The van der Waals surface area contributed by atoms with Gasteiger partial charge in [0.1, 0.15) is 0 Å². The first-order valence-corrected chi connectivity index (χ1v) is 11.1. The van der Waals surface area contributed by atoms with Crippen molar-refractivity contribution < 1.29 is 14.6 Å². The van der Waals surface area contributed by atoms with E-state index >= 15 is 0 Å². The van der Waals surface area contributed by atoms with Gasteiger partial charge in [0, 0.05) is 0 Å². The van der Waals surface area contributed by atoms with E-state index in [1.54, 1.807) is 0 Å². The molecule has 0 unspecified atom stereocenters. The van der Waals surface area contributed by atoms with Gasteiger partial charge in [-0.3, -0.25) is 4.79 Å². The Bertz CT molecular complexity index is 560. The van der Waals surface area contributed by atoms with Crippen LogP contribution in [0.15, 0.2) is 0 Å². The van der Waals surface area contributed by atoms with Crippen LogP contribution in [0.4, 0.5) is 0 Å². The molecule has 0 bridgehead atoms. The van der Waals surface area contributed by atoms with Gasteiger partial charge in [0.15, 0.2) is 0 Å². The number of ether oxygens (including phenoxy) is 1. The molecule has 4 aliphatic carbocycles. The molecule has 0 spiro atoms. The normalized spacial score (nSPS) is 51.7. The maximum atomic E-state index is 12.2. The molecule has 0 aliphatic heterocycles. The fourth-order valence-electron chi connectivity index (χ4n) is 8.45. The molecule has 0 radical (unpaired) electrons. The third kappa shape index (κ3) is 2.59. The van der Waals surface area contributed by atoms with Gasteiger partial charge >= 0.3 is 5.97 Å². The first-order chi connectivity index (χ1) is 12.3. The molecule has 1 N–H and O–H groups in total. The highest BCUT2D eigenvalue weighted by Gasteiger charge is 2.61.